The summed E-state index contributed by atoms with van der Waals surface area (Å²) < 4.78 is 18.7. The summed E-state index contributed by atoms with van der Waals surface area (Å²) in [4.78, 5) is 15.3. The van der Waals surface area contributed by atoms with Crippen LogP contribution in [-0.2, 0) is 6.54 Å². The van der Waals surface area contributed by atoms with Crippen LogP contribution in [0.3, 0.4) is 0 Å². The fraction of sp³-hybridized carbons (Fsp3) is 0.304. The monoisotopic (exact) mass is 394 g/mol. The highest BCUT2D eigenvalue weighted by Gasteiger charge is 2.24. The van der Waals surface area contributed by atoms with E-state index in [0.717, 1.165) is 60.8 Å². The van der Waals surface area contributed by atoms with E-state index in [1.165, 1.54) is 17.0 Å². The van der Waals surface area contributed by atoms with Crippen LogP contribution in [0.1, 0.15) is 28.5 Å². The highest BCUT2D eigenvalue weighted by molar-refractivity contribution is 5.94. The normalized spacial score (nSPS) is 14.9. The average Bonchev–Trinajstić information content (AvgIpc) is 3.09. The number of hydrogen-bond donors (Lipinski definition) is 1. The summed E-state index contributed by atoms with van der Waals surface area (Å²) in [5.41, 5.74) is 4.73. The van der Waals surface area contributed by atoms with Gasteiger partial charge >= 0.3 is 0 Å². The fourth-order valence-electron chi connectivity index (χ4n) is 3.81. The molecule has 6 heteroatoms. The Morgan fingerprint density at radius 1 is 1.10 bits per heavy atom. The molecule has 3 aromatic rings. The molecule has 1 aliphatic heterocycles. The topological polar surface area (TPSA) is 50.8 Å². The van der Waals surface area contributed by atoms with Gasteiger partial charge in [0.2, 0.25) is 0 Å². The third kappa shape index (κ3) is 4.22. The van der Waals surface area contributed by atoms with Gasteiger partial charge in [0.15, 0.2) is 11.5 Å². The number of carbonyl (C=O) groups is 1. The van der Waals surface area contributed by atoms with E-state index in [1.807, 2.05) is 31.2 Å². The summed E-state index contributed by atoms with van der Waals surface area (Å²) >= 11 is 0. The molecule has 0 bridgehead atoms. The zero-order valence-corrected chi connectivity index (χ0v) is 16.7. The van der Waals surface area contributed by atoms with Crippen molar-refractivity contribution in [3.05, 3.63) is 71.2 Å². The Hall–Kier alpha value is -2.99. The first-order valence-corrected chi connectivity index (χ1v) is 9.92. The van der Waals surface area contributed by atoms with Gasteiger partial charge in [-0.05, 0) is 62.4 Å². The van der Waals surface area contributed by atoms with Gasteiger partial charge in [-0.1, -0.05) is 5.16 Å². The number of piperazine rings is 1. The first-order chi connectivity index (χ1) is 14.0. The number of hydrogen-bond acceptors (Lipinski definition) is 4. The average molecular weight is 394 g/mol. The molecular formula is C23H25FN3O2+. The van der Waals surface area contributed by atoms with E-state index in [1.54, 1.807) is 19.1 Å². The lowest BCUT2D eigenvalue weighted by atomic mass is 10.1. The third-order valence-corrected chi connectivity index (χ3v) is 5.65. The molecule has 0 amide bonds. The van der Waals surface area contributed by atoms with Crippen LogP contribution in [-0.4, -0.2) is 37.1 Å². The third-order valence-electron chi connectivity index (χ3n) is 5.65. The van der Waals surface area contributed by atoms with Gasteiger partial charge in [0.1, 0.15) is 18.1 Å². The maximum Gasteiger partial charge on any atom is 0.170 e. The Labute approximate surface area is 169 Å². The van der Waals surface area contributed by atoms with Gasteiger partial charge in [0, 0.05) is 22.4 Å². The molecular weight excluding hydrogens is 369 g/mol. The number of rotatable bonds is 5. The van der Waals surface area contributed by atoms with Crippen LogP contribution in [0, 0.1) is 12.7 Å². The van der Waals surface area contributed by atoms with Crippen LogP contribution in [0.25, 0.3) is 11.3 Å². The van der Waals surface area contributed by atoms with Crippen molar-refractivity contribution < 1.29 is 18.6 Å². The van der Waals surface area contributed by atoms with E-state index >= 15 is 0 Å². The summed E-state index contributed by atoms with van der Waals surface area (Å²) in [5.74, 6) is 0.543. The number of anilines is 1. The second kappa shape index (κ2) is 8.17. The molecule has 2 heterocycles. The van der Waals surface area contributed by atoms with E-state index in [4.69, 9.17) is 4.52 Å². The fourth-order valence-corrected chi connectivity index (χ4v) is 3.81. The van der Waals surface area contributed by atoms with E-state index in [0.29, 0.717) is 5.76 Å². The Bertz CT molecular complexity index is 988. The van der Waals surface area contributed by atoms with Crippen LogP contribution < -0.4 is 9.80 Å². The number of ketones is 1. The molecule has 1 N–H and O–H groups in total. The number of carbonyl (C=O) groups excluding carboxylic acids is 1. The number of aromatic nitrogens is 1. The van der Waals surface area contributed by atoms with Crippen molar-refractivity contribution in [1.29, 1.82) is 0 Å². The Balaban J connectivity index is 1.37. The van der Waals surface area contributed by atoms with Gasteiger partial charge in [0.25, 0.3) is 0 Å². The number of nitrogens with zero attached hydrogens (tertiary/aromatic N) is 2. The number of Topliss-reactive ketones (excluding diaryl/α,β-unsaturated/α-hetero) is 1. The minimum atomic E-state index is -0.260. The highest BCUT2D eigenvalue weighted by atomic mass is 19.1. The largest absolute Gasteiger partial charge is 0.360 e. The number of benzene rings is 2. The molecule has 1 aliphatic rings. The SMILES string of the molecule is CC(=O)c1ccc(N2CC[NH+](Cc3noc(-c4ccc(F)cc4)c3C)CC2)cc1. The molecule has 1 saturated heterocycles. The van der Waals surface area contributed by atoms with Gasteiger partial charge in [-0.25, -0.2) is 4.39 Å². The summed E-state index contributed by atoms with van der Waals surface area (Å²) in [5, 5.41) is 4.28. The number of quaternary nitrogens is 1. The molecule has 0 aliphatic carbocycles. The van der Waals surface area contributed by atoms with E-state index in [9.17, 15) is 9.18 Å². The first-order valence-electron chi connectivity index (χ1n) is 9.92. The van der Waals surface area contributed by atoms with Crippen LogP contribution in [0.2, 0.25) is 0 Å². The van der Waals surface area contributed by atoms with Gasteiger partial charge in [-0.2, -0.15) is 0 Å². The molecule has 29 heavy (non-hydrogen) atoms. The molecule has 0 saturated carbocycles. The zero-order chi connectivity index (χ0) is 20.4. The minimum Gasteiger partial charge on any atom is -0.360 e. The van der Waals surface area contributed by atoms with Crippen LogP contribution in [0.4, 0.5) is 10.1 Å². The van der Waals surface area contributed by atoms with Crippen LogP contribution in [0.5, 0.6) is 0 Å². The van der Waals surface area contributed by atoms with E-state index in [2.05, 4.69) is 10.1 Å². The van der Waals surface area contributed by atoms with Crippen molar-refractivity contribution in [2.24, 2.45) is 0 Å². The second-order valence-corrected chi connectivity index (χ2v) is 7.61. The Kier molecular flexibility index (Phi) is 5.45. The van der Waals surface area contributed by atoms with Crippen molar-refractivity contribution in [3.63, 3.8) is 0 Å². The molecule has 5 nitrogen and oxygen atoms in total. The van der Waals surface area contributed by atoms with E-state index in [-0.39, 0.29) is 11.6 Å². The predicted molar refractivity (Wildman–Crippen MR) is 110 cm³/mol. The van der Waals surface area contributed by atoms with Gasteiger partial charge in [0.05, 0.1) is 26.2 Å². The zero-order valence-electron chi connectivity index (χ0n) is 16.7. The van der Waals surface area contributed by atoms with Gasteiger partial charge in [-0.3, -0.25) is 4.79 Å². The predicted octanol–water partition coefficient (Wildman–Crippen LogP) is 2.90. The van der Waals surface area contributed by atoms with Crippen LogP contribution >= 0.6 is 0 Å². The quantitative estimate of drug-likeness (QED) is 0.676. The van der Waals surface area contributed by atoms with Crippen molar-refractivity contribution in [2.75, 3.05) is 31.1 Å². The van der Waals surface area contributed by atoms with Crippen molar-refractivity contribution in [1.82, 2.24) is 5.16 Å². The number of nitrogens with one attached hydrogen (secondary N) is 1. The van der Waals surface area contributed by atoms with Crippen molar-refractivity contribution in [2.45, 2.75) is 20.4 Å². The van der Waals surface area contributed by atoms with Crippen LogP contribution in [0.15, 0.2) is 53.1 Å². The molecule has 0 atom stereocenters. The molecule has 1 aromatic heterocycles. The Morgan fingerprint density at radius 3 is 2.38 bits per heavy atom. The first kappa shape index (κ1) is 19.3. The molecule has 0 unspecified atom stereocenters. The van der Waals surface area contributed by atoms with Crippen molar-refractivity contribution in [3.8, 4) is 11.3 Å². The standard InChI is InChI=1S/C23H24FN3O2/c1-16-22(25-29-23(16)19-3-7-20(24)8-4-19)15-26-11-13-27(14-12-26)21-9-5-18(6-10-21)17(2)28/h3-10H,11-15H2,1-2H3/p+1. The molecule has 2 aromatic carbocycles. The molecule has 4 rings (SSSR count). The van der Waals surface area contributed by atoms with Crippen molar-refractivity contribution >= 4 is 11.5 Å². The minimum absolute atomic E-state index is 0.0915. The second-order valence-electron chi connectivity index (χ2n) is 7.61. The summed E-state index contributed by atoms with van der Waals surface area (Å²) in [6, 6.07) is 14.1. The maximum absolute atomic E-state index is 13.2. The molecule has 0 radical (unpaired) electrons. The Morgan fingerprint density at radius 2 is 1.76 bits per heavy atom. The summed E-state index contributed by atoms with van der Waals surface area (Å²) in [6.45, 7) is 8.33. The number of halogens is 1. The molecule has 150 valence electrons. The van der Waals surface area contributed by atoms with E-state index < -0.39 is 0 Å². The maximum atomic E-state index is 13.2. The van der Waals surface area contributed by atoms with Gasteiger partial charge in [-0.15, -0.1) is 0 Å². The lowest BCUT2D eigenvalue weighted by molar-refractivity contribution is -0.914. The molecule has 0 spiro atoms. The smallest absolute Gasteiger partial charge is 0.170 e. The molecule has 1 fully saturated rings. The lowest BCUT2D eigenvalue weighted by Gasteiger charge is -2.33. The highest BCUT2D eigenvalue weighted by Crippen LogP contribution is 2.25. The summed E-state index contributed by atoms with van der Waals surface area (Å²) in [6.07, 6.45) is 0. The lowest BCUT2D eigenvalue weighted by Crippen LogP contribution is -3.13. The summed E-state index contributed by atoms with van der Waals surface area (Å²) in [7, 11) is 0. The van der Waals surface area contributed by atoms with Gasteiger partial charge < -0.3 is 14.3 Å².